The van der Waals surface area contributed by atoms with Gasteiger partial charge in [-0.05, 0) is 31.0 Å². The number of ether oxygens (including phenoxy) is 1. The van der Waals surface area contributed by atoms with Gasteiger partial charge in [-0.2, -0.15) is 4.31 Å². The van der Waals surface area contributed by atoms with Crippen LogP contribution in [0.5, 0.6) is 0 Å². The number of hydrogen-bond acceptors (Lipinski definition) is 5. The lowest BCUT2D eigenvalue weighted by Gasteiger charge is -2.21. The van der Waals surface area contributed by atoms with Crippen molar-refractivity contribution in [2.45, 2.75) is 23.8 Å². The number of nitrogens with one attached hydrogen (secondary N) is 1. The average Bonchev–Trinajstić information content (AvgIpc) is 3.06. The zero-order chi connectivity index (χ0) is 17.7. The normalized spacial score (nSPS) is 18.5. The van der Waals surface area contributed by atoms with Crippen LogP contribution in [0.25, 0.3) is 0 Å². The first-order valence-electron chi connectivity index (χ1n) is 7.50. The van der Waals surface area contributed by atoms with Crippen LogP contribution in [-0.4, -0.2) is 62.6 Å². The summed E-state index contributed by atoms with van der Waals surface area (Å²) < 4.78 is 31.2. The Labute approximate surface area is 140 Å². The van der Waals surface area contributed by atoms with Crippen LogP contribution in [-0.2, 0) is 19.6 Å². The van der Waals surface area contributed by atoms with Crippen molar-refractivity contribution in [3.05, 3.63) is 29.8 Å². The fourth-order valence-electron chi connectivity index (χ4n) is 2.58. The standard InChI is InChI=1S/C15H20N2O6S/c1-23-9-7-16-14(18)11-4-2-5-12(10-11)24(21,22)17-8-3-6-13(17)15(19)20/h2,4-5,10,13H,3,6-9H2,1H3,(H,16,18)(H,19,20)/t13-/m1/s1. The number of hydrogen-bond donors (Lipinski definition) is 2. The Balaban J connectivity index is 2.23. The molecule has 1 fully saturated rings. The number of carboxylic acid groups (broad SMARTS) is 1. The summed E-state index contributed by atoms with van der Waals surface area (Å²) in [6.07, 6.45) is 0.777. The Morgan fingerprint density at radius 3 is 2.83 bits per heavy atom. The summed E-state index contributed by atoms with van der Waals surface area (Å²) in [5.41, 5.74) is 0.193. The van der Waals surface area contributed by atoms with E-state index in [2.05, 4.69) is 5.32 Å². The zero-order valence-electron chi connectivity index (χ0n) is 13.3. The predicted molar refractivity (Wildman–Crippen MR) is 85.2 cm³/mol. The fraction of sp³-hybridized carbons (Fsp3) is 0.467. The van der Waals surface area contributed by atoms with Gasteiger partial charge >= 0.3 is 5.97 Å². The first-order chi connectivity index (χ1) is 11.4. The van der Waals surface area contributed by atoms with E-state index >= 15 is 0 Å². The largest absolute Gasteiger partial charge is 0.480 e. The van der Waals surface area contributed by atoms with E-state index in [-0.39, 0.29) is 23.4 Å². The number of nitrogens with zero attached hydrogens (tertiary/aromatic N) is 1. The summed E-state index contributed by atoms with van der Waals surface area (Å²) >= 11 is 0. The van der Waals surface area contributed by atoms with Crippen LogP contribution in [0.15, 0.2) is 29.2 Å². The summed E-state index contributed by atoms with van der Waals surface area (Å²) in [5, 5.41) is 11.8. The van der Waals surface area contributed by atoms with Crippen LogP contribution in [0, 0.1) is 0 Å². The van der Waals surface area contributed by atoms with Crippen molar-refractivity contribution in [1.82, 2.24) is 9.62 Å². The number of benzene rings is 1. The lowest BCUT2D eigenvalue weighted by Crippen LogP contribution is -2.40. The molecule has 8 nitrogen and oxygen atoms in total. The highest BCUT2D eigenvalue weighted by Crippen LogP contribution is 2.26. The van der Waals surface area contributed by atoms with E-state index in [9.17, 15) is 23.1 Å². The second-order valence-corrected chi connectivity index (χ2v) is 7.28. The van der Waals surface area contributed by atoms with Crippen molar-refractivity contribution in [1.29, 1.82) is 0 Å². The van der Waals surface area contributed by atoms with Crippen LogP contribution in [0.2, 0.25) is 0 Å². The van der Waals surface area contributed by atoms with Gasteiger partial charge in [0.05, 0.1) is 11.5 Å². The molecule has 1 aliphatic heterocycles. The summed E-state index contributed by atoms with van der Waals surface area (Å²) in [5.74, 6) is -1.58. The highest BCUT2D eigenvalue weighted by molar-refractivity contribution is 7.89. The van der Waals surface area contributed by atoms with Crippen molar-refractivity contribution < 1.29 is 27.9 Å². The molecule has 1 saturated heterocycles. The Kier molecular flexibility index (Phi) is 5.92. The molecule has 0 aliphatic carbocycles. The van der Waals surface area contributed by atoms with Gasteiger partial charge in [-0.1, -0.05) is 6.07 Å². The van der Waals surface area contributed by atoms with Gasteiger partial charge in [0.25, 0.3) is 5.91 Å². The maximum Gasteiger partial charge on any atom is 0.322 e. The molecular formula is C15H20N2O6S. The lowest BCUT2D eigenvalue weighted by molar-refractivity contribution is -0.140. The smallest absolute Gasteiger partial charge is 0.322 e. The molecule has 0 spiro atoms. The topological polar surface area (TPSA) is 113 Å². The fourth-order valence-corrected chi connectivity index (χ4v) is 4.27. The number of rotatable bonds is 7. The third kappa shape index (κ3) is 3.92. The third-order valence-corrected chi connectivity index (χ3v) is 5.69. The minimum absolute atomic E-state index is 0.0879. The number of carboxylic acids is 1. The van der Waals surface area contributed by atoms with E-state index in [0.717, 1.165) is 4.31 Å². The Hall–Kier alpha value is -1.97. The van der Waals surface area contributed by atoms with Crippen LogP contribution in [0.4, 0.5) is 0 Å². The van der Waals surface area contributed by atoms with E-state index in [0.29, 0.717) is 19.6 Å². The average molecular weight is 356 g/mol. The number of amides is 1. The van der Waals surface area contributed by atoms with Gasteiger partial charge in [0, 0.05) is 25.8 Å². The zero-order valence-corrected chi connectivity index (χ0v) is 14.1. The molecule has 9 heteroatoms. The van der Waals surface area contributed by atoms with Gasteiger partial charge in [0.2, 0.25) is 10.0 Å². The number of carbonyl (C=O) groups is 2. The van der Waals surface area contributed by atoms with E-state index in [1.165, 1.54) is 31.4 Å². The Bertz CT molecular complexity index is 718. The predicted octanol–water partition coefficient (Wildman–Crippen LogP) is 0.301. The summed E-state index contributed by atoms with van der Waals surface area (Å²) in [6, 6.07) is 4.52. The van der Waals surface area contributed by atoms with Crippen molar-refractivity contribution in [2.75, 3.05) is 26.8 Å². The van der Waals surface area contributed by atoms with E-state index < -0.39 is 27.9 Å². The van der Waals surface area contributed by atoms with Gasteiger partial charge in [0.15, 0.2) is 0 Å². The van der Waals surface area contributed by atoms with Crippen LogP contribution in [0.1, 0.15) is 23.2 Å². The van der Waals surface area contributed by atoms with Crippen molar-refractivity contribution in [3.8, 4) is 0 Å². The molecule has 24 heavy (non-hydrogen) atoms. The maximum absolute atomic E-state index is 12.7. The number of sulfonamides is 1. The van der Waals surface area contributed by atoms with Gasteiger partial charge < -0.3 is 15.2 Å². The third-order valence-electron chi connectivity index (χ3n) is 3.78. The highest BCUT2D eigenvalue weighted by Gasteiger charge is 2.39. The highest BCUT2D eigenvalue weighted by atomic mass is 32.2. The summed E-state index contributed by atoms with van der Waals surface area (Å²) in [4.78, 5) is 23.2. The second-order valence-electron chi connectivity index (χ2n) is 5.39. The van der Waals surface area contributed by atoms with Crippen LogP contribution >= 0.6 is 0 Å². The number of methoxy groups -OCH3 is 1. The maximum atomic E-state index is 12.7. The molecule has 1 aromatic carbocycles. The molecule has 0 unspecified atom stereocenters. The minimum Gasteiger partial charge on any atom is -0.480 e. The van der Waals surface area contributed by atoms with Crippen molar-refractivity contribution in [2.24, 2.45) is 0 Å². The molecule has 2 N–H and O–H groups in total. The number of aliphatic carboxylic acids is 1. The molecule has 1 atom stereocenters. The van der Waals surface area contributed by atoms with E-state index in [1.54, 1.807) is 0 Å². The quantitative estimate of drug-likeness (QED) is 0.680. The van der Waals surface area contributed by atoms with Crippen molar-refractivity contribution >= 4 is 21.9 Å². The Morgan fingerprint density at radius 2 is 2.17 bits per heavy atom. The lowest BCUT2D eigenvalue weighted by atomic mass is 10.2. The second kappa shape index (κ2) is 7.73. The summed E-state index contributed by atoms with van der Waals surface area (Å²) in [7, 11) is -2.46. The molecule has 1 aliphatic rings. The molecular weight excluding hydrogens is 336 g/mol. The van der Waals surface area contributed by atoms with Crippen LogP contribution in [0.3, 0.4) is 0 Å². The SMILES string of the molecule is COCCNC(=O)c1cccc(S(=O)(=O)N2CCC[C@@H]2C(=O)O)c1. The van der Waals surface area contributed by atoms with E-state index in [4.69, 9.17) is 4.74 Å². The summed E-state index contributed by atoms with van der Waals surface area (Å²) in [6.45, 7) is 0.806. The molecule has 132 valence electrons. The molecule has 1 amide bonds. The molecule has 0 bridgehead atoms. The first-order valence-corrected chi connectivity index (χ1v) is 8.94. The van der Waals surface area contributed by atoms with E-state index in [1.807, 2.05) is 0 Å². The minimum atomic E-state index is -3.97. The van der Waals surface area contributed by atoms with Gasteiger partial charge in [-0.25, -0.2) is 8.42 Å². The molecule has 1 heterocycles. The molecule has 0 aromatic heterocycles. The van der Waals surface area contributed by atoms with Gasteiger partial charge in [-0.15, -0.1) is 0 Å². The monoisotopic (exact) mass is 356 g/mol. The molecule has 2 rings (SSSR count). The van der Waals surface area contributed by atoms with Gasteiger partial charge in [0.1, 0.15) is 6.04 Å². The number of carbonyl (C=O) groups excluding carboxylic acids is 1. The van der Waals surface area contributed by atoms with Crippen LogP contribution < -0.4 is 5.32 Å². The van der Waals surface area contributed by atoms with Gasteiger partial charge in [-0.3, -0.25) is 9.59 Å². The van der Waals surface area contributed by atoms with Crippen molar-refractivity contribution in [3.63, 3.8) is 0 Å². The first kappa shape index (κ1) is 18.4. The molecule has 0 radical (unpaired) electrons. The Morgan fingerprint density at radius 1 is 1.42 bits per heavy atom. The molecule has 0 saturated carbocycles. The molecule has 1 aromatic rings.